The third-order valence-electron chi connectivity index (χ3n) is 4.67. The predicted octanol–water partition coefficient (Wildman–Crippen LogP) is 3.91. The molecule has 1 aliphatic heterocycles. The van der Waals surface area contributed by atoms with E-state index in [1.54, 1.807) is 0 Å². The van der Waals surface area contributed by atoms with Crippen molar-refractivity contribution in [3.05, 3.63) is 0 Å². The quantitative estimate of drug-likeness (QED) is 0.512. The zero-order valence-corrected chi connectivity index (χ0v) is 13.7. The Morgan fingerprint density at radius 2 is 1.72 bits per heavy atom. The lowest BCUT2D eigenvalue weighted by molar-refractivity contribution is 0.125. The van der Waals surface area contributed by atoms with Gasteiger partial charge in [-0.25, -0.2) is 0 Å². The van der Waals surface area contributed by atoms with E-state index in [9.17, 15) is 0 Å². The molecule has 18 heavy (non-hydrogen) atoms. The van der Waals surface area contributed by atoms with Gasteiger partial charge in [0.1, 0.15) is 8.07 Å². The van der Waals surface area contributed by atoms with Gasteiger partial charge in [-0.3, -0.25) is 4.90 Å². The Hall–Kier alpha value is -0.263. The molecule has 1 heterocycles. The maximum atomic E-state index is 3.79. The third-order valence-corrected chi connectivity index (χ3v) is 5.54. The van der Waals surface area contributed by atoms with Gasteiger partial charge in [-0.2, -0.15) is 0 Å². The van der Waals surface area contributed by atoms with E-state index in [1.807, 2.05) is 0 Å². The lowest BCUT2D eigenvalue weighted by Crippen LogP contribution is -2.47. The summed E-state index contributed by atoms with van der Waals surface area (Å²) in [5, 5.41) is 0. The lowest BCUT2D eigenvalue weighted by atomic mass is 9.73. The van der Waals surface area contributed by atoms with E-state index in [0.29, 0.717) is 0 Å². The Labute approximate surface area is 114 Å². The fourth-order valence-electron chi connectivity index (χ4n) is 3.63. The molecule has 2 rings (SSSR count). The van der Waals surface area contributed by atoms with Crippen LogP contribution < -0.4 is 0 Å². The van der Waals surface area contributed by atoms with Crippen LogP contribution in [-0.4, -0.2) is 32.1 Å². The standard InChI is InChI=1S/C16H29NSi/c1-17-13-8-11-16(17,12-14-18(2,3)4)15-9-6-5-7-10-15/h15H,5-11,13H2,1-4H3. The van der Waals surface area contributed by atoms with Crippen molar-refractivity contribution < 1.29 is 0 Å². The molecule has 0 spiro atoms. The van der Waals surface area contributed by atoms with Gasteiger partial charge in [0.25, 0.3) is 0 Å². The lowest BCUT2D eigenvalue weighted by Gasteiger charge is -2.41. The molecule has 0 radical (unpaired) electrons. The van der Waals surface area contributed by atoms with Crippen molar-refractivity contribution in [3.63, 3.8) is 0 Å². The van der Waals surface area contributed by atoms with Crippen molar-refractivity contribution >= 4 is 8.07 Å². The number of hydrogen-bond donors (Lipinski definition) is 0. The Bertz CT molecular complexity index is 340. The molecule has 0 aromatic carbocycles. The number of nitrogens with zero attached hydrogens (tertiary/aromatic N) is 1. The molecule has 2 aliphatic rings. The van der Waals surface area contributed by atoms with Crippen LogP contribution in [0.4, 0.5) is 0 Å². The molecule has 1 saturated carbocycles. The van der Waals surface area contributed by atoms with E-state index in [0.717, 1.165) is 5.92 Å². The molecule has 2 heteroatoms. The number of rotatable bonds is 1. The van der Waals surface area contributed by atoms with E-state index in [1.165, 1.54) is 51.5 Å². The van der Waals surface area contributed by atoms with Crippen molar-refractivity contribution in [3.8, 4) is 11.5 Å². The molecule has 0 bridgehead atoms. The molecule has 1 unspecified atom stereocenters. The van der Waals surface area contributed by atoms with Gasteiger partial charge in [0.15, 0.2) is 0 Å². The molecule has 0 aromatic rings. The van der Waals surface area contributed by atoms with E-state index in [4.69, 9.17) is 0 Å². The second-order valence-electron chi connectivity index (χ2n) is 7.28. The Morgan fingerprint density at radius 3 is 2.22 bits per heavy atom. The van der Waals surface area contributed by atoms with Gasteiger partial charge in [-0.05, 0) is 45.2 Å². The highest BCUT2D eigenvalue weighted by molar-refractivity contribution is 6.83. The summed E-state index contributed by atoms with van der Waals surface area (Å²) in [4.78, 5) is 2.58. The van der Waals surface area contributed by atoms with E-state index in [-0.39, 0.29) is 5.54 Å². The second kappa shape index (κ2) is 5.39. The first-order valence-corrected chi connectivity index (χ1v) is 11.2. The minimum absolute atomic E-state index is 0.237. The summed E-state index contributed by atoms with van der Waals surface area (Å²) < 4.78 is 0. The number of likely N-dealkylation sites (tertiary alicyclic amines) is 1. The molecule has 0 N–H and O–H groups in total. The monoisotopic (exact) mass is 263 g/mol. The average Bonchev–Trinajstić information content (AvgIpc) is 2.70. The molecule has 0 amide bonds. The summed E-state index contributed by atoms with van der Waals surface area (Å²) >= 11 is 0. The van der Waals surface area contributed by atoms with E-state index >= 15 is 0 Å². The van der Waals surface area contributed by atoms with Crippen molar-refractivity contribution in [2.75, 3.05) is 13.6 Å². The van der Waals surface area contributed by atoms with Crippen LogP contribution in [0.25, 0.3) is 0 Å². The topological polar surface area (TPSA) is 3.24 Å². The fourth-order valence-corrected chi connectivity index (χ4v) is 4.22. The summed E-state index contributed by atoms with van der Waals surface area (Å²) in [6.07, 6.45) is 9.76. The van der Waals surface area contributed by atoms with Crippen LogP contribution in [0.5, 0.6) is 0 Å². The van der Waals surface area contributed by atoms with Crippen LogP contribution in [0.3, 0.4) is 0 Å². The summed E-state index contributed by atoms with van der Waals surface area (Å²) in [6.45, 7) is 8.34. The van der Waals surface area contributed by atoms with Gasteiger partial charge in [-0.1, -0.05) is 44.8 Å². The van der Waals surface area contributed by atoms with Crippen LogP contribution in [0, 0.1) is 17.4 Å². The van der Waals surface area contributed by atoms with Gasteiger partial charge >= 0.3 is 0 Å². The van der Waals surface area contributed by atoms with Crippen LogP contribution in [0.1, 0.15) is 44.9 Å². The summed E-state index contributed by atoms with van der Waals surface area (Å²) in [5.41, 5.74) is 3.92. The molecular formula is C16H29NSi. The van der Waals surface area contributed by atoms with Crippen molar-refractivity contribution in [2.24, 2.45) is 5.92 Å². The molecule has 1 atom stereocenters. The zero-order chi connectivity index (χ0) is 13.2. The van der Waals surface area contributed by atoms with Gasteiger partial charge in [0, 0.05) is 0 Å². The maximum Gasteiger partial charge on any atom is 0.129 e. The summed E-state index contributed by atoms with van der Waals surface area (Å²) in [7, 11) is 1.05. The zero-order valence-electron chi connectivity index (χ0n) is 12.7. The normalized spacial score (nSPS) is 31.1. The van der Waals surface area contributed by atoms with E-state index < -0.39 is 8.07 Å². The Kier molecular flexibility index (Phi) is 4.24. The minimum Gasteiger partial charge on any atom is -0.290 e. The van der Waals surface area contributed by atoms with E-state index in [2.05, 4.69) is 43.1 Å². The molecule has 2 fully saturated rings. The Balaban J connectivity index is 2.25. The average molecular weight is 264 g/mol. The SMILES string of the molecule is CN1CCCC1(C#C[Si](C)(C)C)C1CCCCC1. The summed E-state index contributed by atoms with van der Waals surface area (Å²) in [5.74, 6) is 4.63. The van der Waals surface area contributed by atoms with Crippen LogP contribution in [0.15, 0.2) is 0 Å². The van der Waals surface area contributed by atoms with Crippen LogP contribution >= 0.6 is 0 Å². The number of hydrogen-bond acceptors (Lipinski definition) is 1. The molecule has 102 valence electrons. The first-order valence-electron chi connectivity index (χ1n) is 7.70. The first kappa shape index (κ1) is 14.2. The largest absolute Gasteiger partial charge is 0.290 e. The van der Waals surface area contributed by atoms with Crippen molar-refractivity contribution in [1.82, 2.24) is 4.90 Å². The molecular weight excluding hydrogens is 234 g/mol. The predicted molar refractivity (Wildman–Crippen MR) is 82.3 cm³/mol. The smallest absolute Gasteiger partial charge is 0.129 e. The second-order valence-corrected chi connectivity index (χ2v) is 12.0. The molecule has 0 aromatic heterocycles. The molecule has 1 aliphatic carbocycles. The van der Waals surface area contributed by atoms with Crippen LogP contribution in [0.2, 0.25) is 19.6 Å². The highest BCUT2D eigenvalue weighted by Gasteiger charge is 2.44. The fraction of sp³-hybridized carbons (Fsp3) is 0.875. The molecule has 1 saturated heterocycles. The van der Waals surface area contributed by atoms with Gasteiger partial charge in [-0.15, -0.1) is 5.54 Å². The first-order chi connectivity index (χ1) is 8.44. The highest BCUT2D eigenvalue weighted by atomic mass is 28.3. The molecule has 1 nitrogen and oxygen atoms in total. The van der Waals surface area contributed by atoms with Crippen LogP contribution in [-0.2, 0) is 0 Å². The maximum absolute atomic E-state index is 3.79. The van der Waals surface area contributed by atoms with Gasteiger partial charge < -0.3 is 0 Å². The summed E-state index contributed by atoms with van der Waals surface area (Å²) in [6, 6.07) is 0. The van der Waals surface area contributed by atoms with Crippen molar-refractivity contribution in [2.45, 2.75) is 70.1 Å². The highest BCUT2D eigenvalue weighted by Crippen LogP contribution is 2.42. The van der Waals surface area contributed by atoms with Crippen molar-refractivity contribution in [1.29, 1.82) is 0 Å². The third kappa shape index (κ3) is 3.00. The van der Waals surface area contributed by atoms with Gasteiger partial charge in [0.05, 0.1) is 5.54 Å². The van der Waals surface area contributed by atoms with Gasteiger partial charge in [0.2, 0.25) is 0 Å². The minimum atomic E-state index is -1.25. The Morgan fingerprint density at radius 1 is 1.06 bits per heavy atom.